The van der Waals surface area contributed by atoms with Gasteiger partial charge in [-0.1, -0.05) is 199 Å². The first-order valence-corrected chi connectivity index (χ1v) is 22.1. The van der Waals surface area contributed by atoms with Crippen molar-refractivity contribution in [2.24, 2.45) is 0 Å². The van der Waals surface area contributed by atoms with Crippen molar-refractivity contribution in [2.75, 3.05) is 5.75 Å². The van der Waals surface area contributed by atoms with Crippen LogP contribution in [0.15, 0.2) is 24.3 Å². The summed E-state index contributed by atoms with van der Waals surface area (Å²) in [6.45, 7) is 4.52. The number of nitrogens with one attached hydrogen (secondary N) is 1. The van der Waals surface area contributed by atoms with Crippen molar-refractivity contribution in [3.05, 3.63) is 24.3 Å². The van der Waals surface area contributed by atoms with Gasteiger partial charge in [-0.2, -0.15) is 8.42 Å². The first-order chi connectivity index (χ1) is 23.3. The molecule has 0 aromatic rings. The Hall–Kier alpha value is -1.18. The van der Waals surface area contributed by atoms with Gasteiger partial charge in [-0.25, -0.2) is 0 Å². The Morgan fingerprint density at radius 1 is 0.542 bits per heavy atom. The summed E-state index contributed by atoms with van der Waals surface area (Å²) >= 11 is 0. The summed E-state index contributed by atoms with van der Waals surface area (Å²) < 4.78 is 32.4. The Morgan fingerprint density at radius 2 is 0.896 bits per heavy atom. The fraction of sp³-hybridized carbons (Fsp3) is 0.878. The summed E-state index contributed by atoms with van der Waals surface area (Å²) in [5, 5.41) is 13.2. The molecule has 7 heteroatoms. The van der Waals surface area contributed by atoms with E-state index in [9.17, 15) is 22.9 Å². The van der Waals surface area contributed by atoms with E-state index in [-0.39, 0.29) is 5.91 Å². The molecule has 0 fully saturated rings. The third-order valence-corrected chi connectivity index (χ3v) is 10.2. The number of aliphatic hydroxyl groups is 1. The van der Waals surface area contributed by atoms with Crippen LogP contribution < -0.4 is 5.32 Å². The summed E-state index contributed by atoms with van der Waals surface area (Å²) in [5.74, 6) is -0.993. The zero-order chi connectivity index (χ0) is 35.4. The maximum atomic E-state index is 12.5. The van der Waals surface area contributed by atoms with Crippen LogP contribution >= 0.6 is 0 Å². The number of allylic oxidation sites excluding steroid dienone is 3. The number of aliphatic hydroxyl groups excluding tert-OH is 1. The fourth-order valence-corrected chi connectivity index (χ4v) is 7.02. The molecule has 0 aromatic heterocycles. The van der Waals surface area contributed by atoms with Gasteiger partial charge in [-0.05, 0) is 32.1 Å². The van der Waals surface area contributed by atoms with Crippen LogP contribution in [0.25, 0.3) is 0 Å². The standard InChI is InChI=1S/C41H79NO5S/c1-3-5-7-9-11-13-15-17-18-19-20-21-22-23-25-26-28-30-32-34-36-40(43)39(38-48(45,46)47)42-41(44)37-35-33-31-29-27-24-16-14-12-10-8-6-4-2/h26,28,34,36,39-40,43H,3-25,27,29-33,35,37-38H2,1-2H3,(H,42,44)(H,45,46,47)/b28-26+,36-34+. The first kappa shape index (κ1) is 46.8. The third kappa shape index (κ3) is 36.1. The third-order valence-electron chi connectivity index (χ3n) is 9.38. The van der Waals surface area contributed by atoms with Crippen molar-refractivity contribution in [3.8, 4) is 0 Å². The summed E-state index contributed by atoms with van der Waals surface area (Å²) in [4.78, 5) is 12.5. The average Bonchev–Trinajstić information content (AvgIpc) is 3.05. The normalized spacial score (nSPS) is 13.5. The van der Waals surface area contributed by atoms with Gasteiger partial charge in [0.2, 0.25) is 5.91 Å². The largest absolute Gasteiger partial charge is 0.387 e. The molecule has 0 aliphatic heterocycles. The van der Waals surface area contributed by atoms with E-state index in [4.69, 9.17) is 0 Å². The molecule has 0 bridgehead atoms. The maximum absolute atomic E-state index is 12.5. The van der Waals surface area contributed by atoms with E-state index in [2.05, 4.69) is 31.3 Å². The van der Waals surface area contributed by atoms with Gasteiger partial charge in [-0.3, -0.25) is 9.35 Å². The molecule has 0 radical (unpaired) electrons. The number of rotatable bonds is 37. The molecule has 1 amide bonds. The molecule has 6 nitrogen and oxygen atoms in total. The molecule has 2 unspecified atom stereocenters. The van der Waals surface area contributed by atoms with Crippen molar-refractivity contribution in [2.45, 2.75) is 225 Å². The van der Waals surface area contributed by atoms with Crippen molar-refractivity contribution < 1.29 is 22.9 Å². The number of hydrogen-bond donors (Lipinski definition) is 3. The molecule has 284 valence electrons. The number of unbranched alkanes of at least 4 members (excludes halogenated alkanes) is 27. The molecule has 0 heterocycles. The monoisotopic (exact) mass is 698 g/mol. The van der Waals surface area contributed by atoms with Gasteiger partial charge in [0.1, 0.15) is 0 Å². The van der Waals surface area contributed by atoms with E-state index >= 15 is 0 Å². The molecule has 0 aromatic carbocycles. The lowest BCUT2D eigenvalue weighted by Gasteiger charge is -2.21. The second kappa shape index (κ2) is 35.6. The Labute approximate surface area is 298 Å². The van der Waals surface area contributed by atoms with Gasteiger partial charge < -0.3 is 10.4 Å². The highest BCUT2D eigenvalue weighted by Gasteiger charge is 2.24. The van der Waals surface area contributed by atoms with E-state index in [1.165, 1.54) is 160 Å². The van der Waals surface area contributed by atoms with E-state index in [0.717, 1.165) is 38.5 Å². The molecule has 0 spiro atoms. The Morgan fingerprint density at radius 3 is 1.31 bits per heavy atom. The minimum Gasteiger partial charge on any atom is -0.387 e. The highest BCUT2D eigenvalue weighted by molar-refractivity contribution is 7.85. The molecule has 0 saturated heterocycles. The minimum absolute atomic E-state index is 0.286. The van der Waals surface area contributed by atoms with Gasteiger partial charge in [0, 0.05) is 6.42 Å². The summed E-state index contributed by atoms with van der Waals surface area (Å²) in [6.07, 6.45) is 44.5. The smallest absolute Gasteiger partial charge is 0.267 e. The second-order valence-corrected chi connectivity index (χ2v) is 15.8. The Balaban J connectivity index is 3.94. The average molecular weight is 698 g/mol. The van der Waals surface area contributed by atoms with Gasteiger partial charge >= 0.3 is 0 Å². The first-order valence-electron chi connectivity index (χ1n) is 20.5. The van der Waals surface area contributed by atoms with Gasteiger partial charge in [0.05, 0.1) is 17.9 Å². The van der Waals surface area contributed by atoms with Crippen LogP contribution in [0.2, 0.25) is 0 Å². The second-order valence-electron chi connectivity index (χ2n) is 14.3. The van der Waals surface area contributed by atoms with E-state index < -0.39 is 28.0 Å². The molecule has 3 N–H and O–H groups in total. The zero-order valence-corrected chi connectivity index (χ0v) is 32.4. The van der Waals surface area contributed by atoms with Crippen molar-refractivity contribution in [3.63, 3.8) is 0 Å². The van der Waals surface area contributed by atoms with Crippen molar-refractivity contribution in [1.29, 1.82) is 0 Å². The molecule has 0 aliphatic carbocycles. The summed E-state index contributed by atoms with van der Waals surface area (Å²) in [5.41, 5.74) is 0. The zero-order valence-electron chi connectivity index (χ0n) is 31.6. The summed E-state index contributed by atoms with van der Waals surface area (Å²) in [7, 11) is -4.35. The number of amides is 1. The van der Waals surface area contributed by atoms with E-state index in [0.29, 0.717) is 6.42 Å². The van der Waals surface area contributed by atoms with Gasteiger partial charge in [-0.15, -0.1) is 0 Å². The number of hydrogen-bond acceptors (Lipinski definition) is 4. The highest BCUT2D eigenvalue weighted by Crippen LogP contribution is 2.15. The lowest BCUT2D eigenvalue weighted by Crippen LogP contribution is -2.46. The lowest BCUT2D eigenvalue weighted by molar-refractivity contribution is -0.122. The van der Waals surface area contributed by atoms with Crippen LogP contribution in [0.5, 0.6) is 0 Å². The summed E-state index contributed by atoms with van der Waals surface area (Å²) in [6, 6.07) is -1.07. The Kier molecular flexibility index (Phi) is 34.8. The topological polar surface area (TPSA) is 104 Å². The van der Waals surface area contributed by atoms with Gasteiger partial charge in [0.15, 0.2) is 0 Å². The highest BCUT2D eigenvalue weighted by atomic mass is 32.2. The minimum atomic E-state index is -4.35. The molecular formula is C41H79NO5S. The molecule has 0 aliphatic rings. The fourth-order valence-electron chi connectivity index (χ4n) is 6.29. The Bertz CT molecular complexity index is 857. The van der Waals surface area contributed by atoms with Crippen molar-refractivity contribution in [1.82, 2.24) is 5.32 Å². The molecular weight excluding hydrogens is 619 g/mol. The SMILES string of the molecule is CCCCCCCCCCCCCCCC/C=C/CC/C=C/C(O)C(CS(=O)(=O)O)NC(=O)CCCCCCCCCCCCCCC. The van der Waals surface area contributed by atoms with E-state index in [1.807, 2.05) is 6.08 Å². The van der Waals surface area contributed by atoms with Crippen LogP contribution in [0, 0.1) is 0 Å². The predicted molar refractivity (Wildman–Crippen MR) is 207 cm³/mol. The maximum Gasteiger partial charge on any atom is 0.267 e. The van der Waals surface area contributed by atoms with Crippen LogP contribution in [-0.4, -0.2) is 41.9 Å². The predicted octanol–water partition coefficient (Wildman–Crippen LogP) is 12.0. The van der Waals surface area contributed by atoms with Crippen LogP contribution in [0.3, 0.4) is 0 Å². The van der Waals surface area contributed by atoms with Gasteiger partial charge in [0.25, 0.3) is 10.1 Å². The number of carbonyl (C=O) groups is 1. The van der Waals surface area contributed by atoms with E-state index in [1.54, 1.807) is 0 Å². The van der Waals surface area contributed by atoms with Crippen LogP contribution in [-0.2, 0) is 14.9 Å². The van der Waals surface area contributed by atoms with Crippen molar-refractivity contribution >= 4 is 16.0 Å². The molecule has 2 atom stereocenters. The molecule has 48 heavy (non-hydrogen) atoms. The number of carbonyl (C=O) groups excluding carboxylic acids is 1. The molecule has 0 saturated carbocycles. The van der Waals surface area contributed by atoms with Crippen LogP contribution in [0.4, 0.5) is 0 Å². The van der Waals surface area contributed by atoms with Crippen LogP contribution in [0.1, 0.15) is 213 Å². The molecule has 0 rings (SSSR count). The quantitative estimate of drug-likeness (QED) is 0.0340. The lowest BCUT2D eigenvalue weighted by atomic mass is 10.0.